The Morgan fingerprint density at radius 1 is 1.10 bits per heavy atom. The van der Waals surface area contributed by atoms with Gasteiger partial charge in [0.05, 0.1) is 5.69 Å². The van der Waals surface area contributed by atoms with Crippen molar-refractivity contribution in [2.75, 3.05) is 16.8 Å². The zero-order chi connectivity index (χ0) is 19.8. The van der Waals surface area contributed by atoms with Gasteiger partial charge in [-0.1, -0.05) is 12.1 Å². The molecule has 1 aliphatic heterocycles. The Morgan fingerprint density at radius 3 is 2.66 bits per heavy atom. The fourth-order valence-corrected chi connectivity index (χ4v) is 4.41. The van der Waals surface area contributed by atoms with Gasteiger partial charge in [0.25, 0.3) is 0 Å². The summed E-state index contributed by atoms with van der Waals surface area (Å²) in [6.45, 7) is 0.786. The second-order valence-corrected chi connectivity index (χ2v) is 8.44. The van der Waals surface area contributed by atoms with Crippen LogP contribution in [0.15, 0.2) is 53.9 Å². The number of nitrogens with one attached hydrogen (secondary N) is 1. The molecule has 1 aliphatic carbocycles. The molecule has 2 amide bonds. The van der Waals surface area contributed by atoms with E-state index >= 15 is 0 Å². The molecule has 2 fully saturated rings. The van der Waals surface area contributed by atoms with Crippen LogP contribution < -0.4 is 10.2 Å². The van der Waals surface area contributed by atoms with Gasteiger partial charge in [-0.15, -0.1) is 11.3 Å². The Bertz CT molecular complexity index is 1070. The SMILES string of the molecule is O=C(Nc1ccc(-c2nc(-c3cccc(N4CCCC4=O)c3)cs2)cc1)C1CC1. The van der Waals surface area contributed by atoms with E-state index in [4.69, 9.17) is 4.98 Å². The van der Waals surface area contributed by atoms with Crippen LogP contribution in [0.25, 0.3) is 21.8 Å². The lowest BCUT2D eigenvalue weighted by atomic mass is 10.1. The molecular weight excluding hydrogens is 382 g/mol. The third-order valence-corrected chi connectivity index (χ3v) is 6.27. The monoisotopic (exact) mass is 403 g/mol. The number of aromatic nitrogens is 1. The maximum atomic E-state index is 12.0. The summed E-state index contributed by atoms with van der Waals surface area (Å²) in [4.78, 5) is 30.6. The highest BCUT2D eigenvalue weighted by Crippen LogP contribution is 2.33. The highest BCUT2D eigenvalue weighted by Gasteiger charge is 2.29. The van der Waals surface area contributed by atoms with E-state index in [1.54, 1.807) is 11.3 Å². The summed E-state index contributed by atoms with van der Waals surface area (Å²) in [5, 5.41) is 5.94. The van der Waals surface area contributed by atoms with Crippen LogP contribution in [-0.2, 0) is 9.59 Å². The van der Waals surface area contributed by atoms with Crippen LogP contribution in [0.3, 0.4) is 0 Å². The molecule has 0 spiro atoms. The molecule has 3 aromatic rings. The second-order valence-electron chi connectivity index (χ2n) is 7.58. The van der Waals surface area contributed by atoms with Gasteiger partial charge < -0.3 is 10.2 Å². The van der Waals surface area contributed by atoms with Gasteiger partial charge >= 0.3 is 0 Å². The van der Waals surface area contributed by atoms with Crippen LogP contribution in [-0.4, -0.2) is 23.3 Å². The maximum Gasteiger partial charge on any atom is 0.227 e. The number of thiazole rings is 1. The minimum Gasteiger partial charge on any atom is -0.326 e. The number of nitrogens with zero attached hydrogens (tertiary/aromatic N) is 2. The van der Waals surface area contributed by atoms with Crippen LogP contribution in [0.4, 0.5) is 11.4 Å². The topological polar surface area (TPSA) is 62.3 Å². The predicted octanol–water partition coefficient (Wildman–Crippen LogP) is 4.95. The van der Waals surface area contributed by atoms with Crippen molar-refractivity contribution >= 4 is 34.5 Å². The molecule has 146 valence electrons. The number of hydrogen-bond donors (Lipinski definition) is 1. The van der Waals surface area contributed by atoms with Gasteiger partial charge in [0.2, 0.25) is 11.8 Å². The first-order valence-corrected chi connectivity index (χ1v) is 10.8. The summed E-state index contributed by atoms with van der Waals surface area (Å²) in [5.74, 6) is 0.503. The largest absolute Gasteiger partial charge is 0.326 e. The lowest BCUT2D eigenvalue weighted by molar-refractivity contribution is -0.118. The van der Waals surface area contributed by atoms with Crippen molar-refractivity contribution in [3.63, 3.8) is 0 Å². The number of carbonyl (C=O) groups excluding carboxylic acids is 2. The van der Waals surface area contributed by atoms with Crippen molar-refractivity contribution in [3.8, 4) is 21.8 Å². The average Bonchev–Trinajstić information content (AvgIpc) is 3.33. The molecule has 5 rings (SSSR count). The van der Waals surface area contributed by atoms with Crippen molar-refractivity contribution in [3.05, 3.63) is 53.9 Å². The van der Waals surface area contributed by atoms with Gasteiger partial charge in [0.15, 0.2) is 0 Å². The number of amides is 2. The summed E-state index contributed by atoms with van der Waals surface area (Å²) < 4.78 is 0. The van der Waals surface area contributed by atoms with Crippen molar-refractivity contribution in [2.24, 2.45) is 5.92 Å². The fourth-order valence-electron chi connectivity index (χ4n) is 3.58. The smallest absolute Gasteiger partial charge is 0.227 e. The molecular formula is C23H21N3O2S. The Morgan fingerprint density at radius 2 is 1.93 bits per heavy atom. The minimum absolute atomic E-state index is 0.116. The minimum atomic E-state index is 0.116. The molecule has 1 saturated carbocycles. The molecule has 1 aromatic heterocycles. The summed E-state index contributed by atoms with van der Waals surface area (Å²) >= 11 is 1.59. The third kappa shape index (κ3) is 3.80. The zero-order valence-electron chi connectivity index (χ0n) is 15.9. The molecule has 2 heterocycles. The molecule has 0 unspecified atom stereocenters. The van der Waals surface area contributed by atoms with E-state index in [-0.39, 0.29) is 17.7 Å². The standard InChI is InChI=1S/C23H21N3O2S/c27-21-5-2-12-26(21)19-4-1-3-17(13-19)20-14-29-23(25-20)16-8-10-18(11-9-16)24-22(28)15-6-7-15/h1,3-4,8-11,13-15H,2,5-7,12H2,(H,24,28). The first kappa shape index (κ1) is 18.1. The molecule has 2 aliphatic rings. The van der Waals surface area contributed by atoms with E-state index in [0.717, 1.165) is 59.0 Å². The fraction of sp³-hybridized carbons (Fsp3) is 0.261. The Hall–Kier alpha value is -2.99. The molecule has 2 aromatic carbocycles. The third-order valence-electron chi connectivity index (χ3n) is 5.38. The Labute approximate surface area is 173 Å². The summed E-state index contributed by atoms with van der Waals surface area (Å²) in [5.41, 5.74) is 4.71. The van der Waals surface area contributed by atoms with Gasteiger partial charge in [-0.3, -0.25) is 9.59 Å². The quantitative estimate of drug-likeness (QED) is 0.655. The summed E-state index contributed by atoms with van der Waals surface area (Å²) in [7, 11) is 0. The molecule has 1 saturated heterocycles. The van der Waals surface area contributed by atoms with Crippen molar-refractivity contribution in [2.45, 2.75) is 25.7 Å². The van der Waals surface area contributed by atoms with E-state index in [2.05, 4.69) is 5.32 Å². The number of carbonyl (C=O) groups is 2. The second kappa shape index (κ2) is 7.44. The summed E-state index contributed by atoms with van der Waals surface area (Å²) in [6.07, 6.45) is 3.54. The Kier molecular flexibility index (Phi) is 4.64. The predicted molar refractivity (Wildman–Crippen MR) is 116 cm³/mol. The molecule has 6 heteroatoms. The molecule has 5 nitrogen and oxygen atoms in total. The van der Waals surface area contributed by atoms with Gasteiger partial charge in [-0.25, -0.2) is 4.98 Å². The van der Waals surface area contributed by atoms with Crippen molar-refractivity contribution in [1.82, 2.24) is 4.98 Å². The molecule has 1 N–H and O–H groups in total. The van der Waals surface area contributed by atoms with Crippen LogP contribution in [0, 0.1) is 5.92 Å². The lowest BCUT2D eigenvalue weighted by Crippen LogP contribution is -2.23. The number of benzene rings is 2. The van der Waals surface area contributed by atoms with E-state index in [9.17, 15) is 9.59 Å². The van der Waals surface area contributed by atoms with Gasteiger partial charge in [0.1, 0.15) is 5.01 Å². The van der Waals surface area contributed by atoms with Crippen LogP contribution >= 0.6 is 11.3 Å². The van der Waals surface area contributed by atoms with E-state index in [1.165, 1.54) is 0 Å². The summed E-state index contributed by atoms with van der Waals surface area (Å²) in [6, 6.07) is 15.9. The molecule has 29 heavy (non-hydrogen) atoms. The van der Waals surface area contributed by atoms with E-state index in [1.807, 2.05) is 58.8 Å². The highest BCUT2D eigenvalue weighted by molar-refractivity contribution is 7.13. The van der Waals surface area contributed by atoms with Crippen molar-refractivity contribution < 1.29 is 9.59 Å². The first-order chi connectivity index (χ1) is 14.2. The molecule has 0 bridgehead atoms. The van der Waals surface area contributed by atoms with Crippen molar-refractivity contribution in [1.29, 1.82) is 0 Å². The van der Waals surface area contributed by atoms with E-state index < -0.39 is 0 Å². The molecule has 0 radical (unpaired) electrons. The molecule has 0 atom stereocenters. The maximum absolute atomic E-state index is 12.0. The van der Waals surface area contributed by atoms with Crippen LogP contribution in [0.1, 0.15) is 25.7 Å². The number of rotatable bonds is 5. The highest BCUT2D eigenvalue weighted by atomic mass is 32.1. The zero-order valence-corrected chi connectivity index (χ0v) is 16.7. The van der Waals surface area contributed by atoms with Gasteiger partial charge in [-0.2, -0.15) is 0 Å². The van der Waals surface area contributed by atoms with Gasteiger partial charge in [0, 0.05) is 46.8 Å². The Balaban J connectivity index is 1.34. The lowest BCUT2D eigenvalue weighted by Gasteiger charge is -2.16. The number of hydrogen-bond acceptors (Lipinski definition) is 4. The first-order valence-electron chi connectivity index (χ1n) is 9.95. The van der Waals surface area contributed by atoms with Crippen LogP contribution in [0.5, 0.6) is 0 Å². The normalized spacial score (nSPS) is 16.3. The van der Waals surface area contributed by atoms with E-state index in [0.29, 0.717) is 6.42 Å². The number of anilines is 2. The van der Waals surface area contributed by atoms with Gasteiger partial charge in [-0.05, 0) is 55.7 Å². The average molecular weight is 404 g/mol. The van der Waals surface area contributed by atoms with Crippen LogP contribution in [0.2, 0.25) is 0 Å².